The Morgan fingerprint density at radius 2 is 1.90 bits per heavy atom. The lowest BCUT2D eigenvalue weighted by molar-refractivity contribution is 0.284. The van der Waals surface area contributed by atoms with E-state index in [1.807, 2.05) is 17.5 Å². The van der Waals surface area contributed by atoms with E-state index in [0.29, 0.717) is 0 Å². The summed E-state index contributed by atoms with van der Waals surface area (Å²) in [5.74, 6) is 0. The average Bonchev–Trinajstić information content (AvgIpc) is 2.72. The van der Waals surface area contributed by atoms with Crippen LogP contribution in [0.3, 0.4) is 0 Å². The van der Waals surface area contributed by atoms with Gasteiger partial charge in [0, 0.05) is 36.1 Å². The number of hydrogen-bond acceptors (Lipinski definition) is 4. The second-order valence-electron chi connectivity index (χ2n) is 6.81. The number of rotatable bonds is 5. The Hall–Kier alpha value is -0.450. The van der Waals surface area contributed by atoms with Gasteiger partial charge in [0.15, 0.2) is 0 Å². The fourth-order valence-corrected chi connectivity index (χ4v) is 3.48. The molecule has 1 aromatic rings. The van der Waals surface area contributed by atoms with Crippen molar-refractivity contribution >= 4 is 11.3 Å². The summed E-state index contributed by atoms with van der Waals surface area (Å²) in [4.78, 5) is 8.49. The number of aromatic nitrogens is 1. The Kier molecular flexibility index (Phi) is 6.00. The SMILES string of the molecule is CC(C)(C)c1ncc(CNCCN2CCCCCC2)s1. The summed E-state index contributed by atoms with van der Waals surface area (Å²) in [6.07, 6.45) is 7.62. The largest absolute Gasteiger partial charge is 0.311 e. The van der Waals surface area contributed by atoms with E-state index in [1.54, 1.807) is 0 Å². The van der Waals surface area contributed by atoms with Crippen molar-refractivity contribution in [2.45, 2.75) is 58.4 Å². The van der Waals surface area contributed by atoms with Crippen molar-refractivity contribution in [2.24, 2.45) is 0 Å². The van der Waals surface area contributed by atoms with Gasteiger partial charge in [0.1, 0.15) is 0 Å². The van der Waals surface area contributed by atoms with Gasteiger partial charge in [0.2, 0.25) is 0 Å². The Labute approximate surface area is 127 Å². The van der Waals surface area contributed by atoms with Crippen molar-refractivity contribution in [3.05, 3.63) is 16.1 Å². The van der Waals surface area contributed by atoms with Gasteiger partial charge in [-0.2, -0.15) is 0 Å². The van der Waals surface area contributed by atoms with Gasteiger partial charge in [-0.3, -0.25) is 0 Å². The summed E-state index contributed by atoms with van der Waals surface area (Å²) >= 11 is 1.84. The molecule has 1 aliphatic heterocycles. The summed E-state index contributed by atoms with van der Waals surface area (Å²) in [6.45, 7) is 12.5. The Balaban J connectivity index is 1.66. The molecular formula is C16H29N3S. The van der Waals surface area contributed by atoms with E-state index < -0.39 is 0 Å². The van der Waals surface area contributed by atoms with E-state index in [2.05, 4.69) is 36.0 Å². The van der Waals surface area contributed by atoms with Gasteiger partial charge in [-0.15, -0.1) is 11.3 Å². The highest BCUT2D eigenvalue weighted by Crippen LogP contribution is 2.26. The van der Waals surface area contributed by atoms with Gasteiger partial charge in [-0.05, 0) is 25.9 Å². The van der Waals surface area contributed by atoms with Crippen molar-refractivity contribution in [1.82, 2.24) is 15.2 Å². The molecule has 1 aliphatic rings. The maximum absolute atomic E-state index is 4.54. The number of likely N-dealkylation sites (tertiary alicyclic amines) is 1. The molecule has 0 radical (unpaired) electrons. The van der Waals surface area contributed by atoms with Crippen molar-refractivity contribution in [2.75, 3.05) is 26.2 Å². The van der Waals surface area contributed by atoms with Crippen LogP contribution in [0.1, 0.15) is 56.3 Å². The maximum Gasteiger partial charge on any atom is 0.0981 e. The zero-order chi connectivity index (χ0) is 14.4. The van der Waals surface area contributed by atoms with Crippen LogP contribution >= 0.6 is 11.3 Å². The molecule has 0 saturated carbocycles. The number of nitrogens with zero attached hydrogens (tertiary/aromatic N) is 2. The van der Waals surface area contributed by atoms with Crippen LogP contribution < -0.4 is 5.32 Å². The van der Waals surface area contributed by atoms with Gasteiger partial charge in [0.25, 0.3) is 0 Å². The highest BCUT2D eigenvalue weighted by molar-refractivity contribution is 7.11. The number of nitrogens with one attached hydrogen (secondary N) is 1. The predicted molar refractivity (Wildman–Crippen MR) is 87.4 cm³/mol. The molecule has 0 unspecified atom stereocenters. The van der Waals surface area contributed by atoms with Crippen LogP contribution in [0.25, 0.3) is 0 Å². The van der Waals surface area contributed by atoms with E-state index in [9.17, 15) is 0 Å². The molecule has 0 amide bonds. The second kappa shape index (κ2) is 7.53. The predicted octanol–water partition coefficient (Wildman–Crippen LogP) is 3.41. The zero-order valence-electron chi connectivity index (χ0n) is 13.2. The topological polar surface area (TPSA) is 28.2 Å². The average molecular weight is 295 g/mol. The molecule has 2 rings (SSSR count). The first-order chi connectivity index (χ1) is 9.55. The van der Waals surface area contributed by atoms with Crippen molar-refractivity contribution < 1.29 is 0 Å². The molecule has 0 atom stereocenters. The Bertz CT molecular complexity index is 387. The maximum atomic E-state index is 4.54. The van der Waals surface area contributed by atoms with E-state index in [-0.39, 0.29) is 5.41 Å². The van der Waals surface area contributed by atoms with Gasteiger partial charge >= 0.3 is 0 Å². The molecule has 114 valence electrons. The van der Waals surface area contributed by atoms with Crippen LogP contribution in [-0.4, -0.2) is 36.1 Å². The van der Waals surface area contributed by atoms with E-state index in [1.165, 1.54) is 55.2 Å². The summed E-state index contributed by atoms with van der Waals surface area (Å²) < 4.78 is 0. The van der Waals surface area contributed by atoms with Gasteiger partial charge in [0.05, 0.1) is 5.01 Å². The second-order valence-corrected chi connectivity index (χ2v) is 7.93. The smallest absolute Gasteiger partial charge is 0.0981 e. The zero-order valence-corrected chi connectivity index (χ0v) is 14.1. The monoisotopic (exact) mass is 295 g/mol. The molecule has 20 heavy (non-hydrogen) atoms. The van der Waals surface area contributed by atoms with E-state index in [4.69, 9.17) is 0 Å². The molecule has 0 aliphatic carbocycles. The minimum atomic E-state index is 0.176. The quantitative estimate of drug-likeness (QED) is 0.844. The van der Waals surface area contributed by atoms with Crippen LogP contribution in [0.2, 0.25) is 0 Å². The summed E-state index contributed by atoms with van der Waals surface area (Å²) in [6, 6.07) is 0. The molecule has 2 heterocycles. The first-order valence-electron chi connectivity index (χ1n) is 7.94. The molecule has 1 N–H and O–H groups in total. The molecule has 1 saturated heterocycles. The third-order valence-electron chi connectivity index (χ3n) is 3.80. The first kappa shape index (κ1) is 15.9. The van der Waals surface area contributed by atoms with E-state index >= 15 is 0 Å². The molecule has 4 heteroatoms. The van der Waals surface area contributed by atoms with Crippen molar-refractivity contribution in [1.29, 1.82) is 0 Å². The van der Waals surface area contributed by atoms with Gasteiger partial charge < -0.3 is 10.2 Å². The van der Waals surface area contributed by atoms with Crippen molar-refractivity contribution in [3.63, 3.8) is 0 Å². The lowest BCUT2D eigenvalue weighted by Crippen LogP contribution is -2.32. The first-order valence-corrected chi connectivity index (χ1v) is 8.75. The molecular weight excluding hydrogens is 266 g/mol. The molecule has 0 spiro atoms. The van der Waals surface area contributed by atoms with Crippen molar-refractivity contribution in [3.8, 4) is 0 Å². The van der Waals surface area contributed by atoms with Gasteiger partial charge in [-0.1, -0.05) is 33.6 Å². The summed E-state index contributed by atoms with van der Waals surface area (Å²) in [5, 5.41) is 4.80. The van der Waals surface area contributed by atoms with Crippen LogP contribution in [0.4, 0.5) is 0 Å². The fraction of sp³-hybridized carbons (Fsp3) is 0.812. The van der Waals surface area contributed by atoms with Crippen LogP contribution in [-0.2, 0) is 12.0 Å². The summed E-state index contributed by atoms with van der Waals surface area (Å²) in [5.41, 5.74) is 0.176. The van der Waals surface area contributed by atoms with Crippen LogP contribution in [0, 0.1) is 0 Å². The molecule has 0 bridgehead atoms. The number of thiazole rings is 1. The van der Waals surface area contributed by atoms with Gasteiger partial charge in [-0.25, -0.2) is 4.98 Å². The van der Waals surface area contributed by atoms with Crippen LogP contribution in [0.5, 0.6) is 0 Å². The van der Waals surface area contributed by atoms with Crippen LogP contribution in [0.15, 0.2) is 6.20 Å². The third kappa shape index (κ3) is 5.15. The molecule has 0 aromatic carbocycles. The Morgan fingerprint density at radius 3 is 2.50 bits per heavy atom. The molecule has 1 aromatic heterocycles. The standard InChI is InChI=1S/C16H29N3S/c1-16(2,3)15-18-13-14(20-15)12-17-8-11-19-9-6-4-5-7-10-19/h13,17H,4-12H2,1-3H3. The lowest BCUT2D eigenvalue weighted by atomic mass is 9.98. The minimum absolute atomic E-state index is 0.176. The fourth-order valence-electron chi connectivity index (χ4n) is 2.54. The highest BCUT2D eigenvalue weighted by atomic mass is 32.1. The van der Waals surface area contributed by atoms with E-state index in [0.717, 1.165) is 13.1 Å². The summed E-state index contributed by atoms with van der Waals surface area (Å²) in [7, 11) is 0. The lowest BCUT2D eigenvalue weighted by Gasteiger charge is -2.19. The Morgan fingerprint density at radius 1 is 1.20 bits per heavy atom. The normalized spacial score (nSPS) is 18.1. The molecule has 1 fully saturated rings. The third-order valence-corrected chi connectivity index (χ3v) is 5.22. The molecule has 3 nitrogen and oxygen atoms in total. The number of hydrogen-bond donors (Lipinski definition) is 1. The minimum Gasteiger partial charge on any atom is -0.311 e. The highest BCUT2D eigenvalue weighted by Gasteiger charge is 2.17.